The number of nitrogens with two attached hydrogens (primary N) is 1. The summed E-state index contributed by atoms with van der Waals surface area (Å²) >= 11 is 0. The first-order chi connectivity index (χ1) is 8.45. The number of rotatable bonds is 2. The average Bonchev–Trinajstić information content (AvgIpc) is 2.61. The number of aliphatic hydroxyl groups is 2. The van der Waals surface area contributed by atoms with Gasteiger partial charge in [-0.25, -0.2) is 13.6 Å². The van der Waals surface area contributed by atoms with Gasteiger partial charge in [0, 0.05) is 0 Å². The van der Waals surface area contributed by atoms with Crippen LogP contribution in [0.1, 0.15) is 6.23 Å². The number of anilines is 1. The van der Waals surface area contributed by atoms with E-state index < -0.39 is 48.5 Å². The van der Waals surface area contributed by atoms with Gasteiger partial charge < -0.3 is 20.7 Å². The Labute approximate surface area is 99.4 Å². The highest BCUT2D eigenvalue weighted by molar-refractivity contribution is 5.26. The number of aliphatic hydroxyl groups excluding tert-OH is 2. The molecular formula is C9H11F2N3O4. The summed E-state index contributed by atoms with van der Waals surface area (Å²) in [5.74, 6) is -1.61. The molecule has 0 saturated carbocycles. The molecule has 0 aromatic carbocycles. The second-order valence-electron chi connectivity index (χ2n) is 3.85. The Morgan fingerprint density at radius 1 is 1.61 bits per heavy atom. The molecule has 1 fully saturated rings. The van der Waals surface area contributed by atoms with Crippen LogP contribution in [0.2, 0.25) is 0 Å². The quantitative estimate of drug-likeness (QED) is 0.602. The maximum Gasteiger partial charge on any atom is 0.351 e. The third kappa shape index (κ3) is 1.96. The molecular weight excluding hydrogens is 252 g/mol. The largest absolute Gasteiger partial charge is 0.394 e. The molecule has 4 atom stereocenters. The van der Waals surface area contributed by atoms with E-state index in [0.717, 1.165) is 0 Å². The number of halogens is 2. The molecule has 2 heterocycles. The van der Waals surface area contributed by atoms with Gasteiger partial charge in [0.25, 0.3) is 0 Å². The molecule has 2 rings (SSSR count). The number of alkyl halides is 1. The normalized spacial score (nSPS) is 31.8. The van der Waals surface area contributed by atoms with Crippen molar-refractivity contribution >= 4 is 5.82 Å². The van der Waals surface area contributed by atoms with Crippen LogP contribution in [0.5, 0.6) is 0 Å². The van der Waals surface area contributed by atoms with Crippen molar-refractivity contribution in [2.45, 2.75) is 24.6 Å². The van der Waals surface area contributed by atoms with E-state index in [2.05, 4.69) is 4.98 Å². The minimum atomic E-state index is -1.98. The molecule has 0 bridgehead atoms. The van der Waals surface area contributed by atoms with Gasteiger partial charge in [-0.1, -0.05) is 0 Å². The fourth-order valence-electron chi connectivity index (χ4n) is 1.72. The van der Waals surface area contributed by atoms with Crippen LogP contribution < -0.4 is 11.4 Å². The molecule has 100 valence electrons. The maximum atomic E-state index is 13.7. The Morgan fingerprint density at radius 2 is 2.28 bits per heavy atom. The molecule has 7 nitrogen and oxygen atoms in total. The third-order valence-electron chi connectivity index (χ3n) is 2.68. The van der Waals surface area contributed by atoms with E-state index in [1.165, 1.54) is 0 Å². The SMILES string of the molecule is Nc1nc(=O)n([C@@H]2O[C@H](CO)[C@@H](O)[C@H]2F)cc1F. The number of ether oxygens (including phenoxy) is 1. The topological polar surface area (TPSA) is 111 Å². The second-order valence-corrected chi connectivity index (χ2v) is 3.85. The molecule has 0 spiro atoms. The number of hydrogen-bond donors (Lipinski definition) is 3. The molecule has 0 amide bonds. The summed E-state index contributed by atoms with van der Waals surface area (Å²) in [5.41, 5.74) is 4.07. The van der Waals surface area contributed by atoms with E-state index >= 15 is 0 Å². The number of nitrogen functional groups attached to an aromatic ring is 1. The fourth-order valence-corrected chi connectivity index (χ4v) is 1.72. The summed E-state index contributed by atoms with van der Waals surface area (Å²) in [4.78, 5) is 14.6. The second kappa shape index (κ2) is 4.59. The van der Waals surface area contributed by atoms with Gasteiger partial charge in [0.05, 0.1) is 12.8 Å². The van der Waals surface area contributed by atoms with E-state index in [9.17, 15) is 18.7 Å². The lowest BCUT2D eigenvalue weighted by atomic mass is 10.1. The van der Waals surface area contributed by atoms with Crippen LogP contribution in [0.25, 0.3) is 0 Å². The van der Waals surface area contributed by atoms with Crippen LogP contribution in [0, 0.1) is 5.82 Å². The lowest BCUT2D eigenvalue weighted by molar-refractivity contribution is -0.0494. The van der Waals surface area contributed by atoms with Gasteiger partial charge in [-0.3, -0.25) is 4.57 Å². The summed E-state index contributed by atoms with van der Waals surface area (Å²) in [6, 6.07) is 0. The highest BCUT2D eigenvalue weighted by Gasteiger charge is 2.45. The lowest BCUT2D eigenvalue weighted by Crippen LogP contribution is -2.34. The molecule has 9 heteroatoms. The minimum Gasteiger partial charge on any atom is -0.394 e. The van der Waals surface area contributed by atoms with Crippen LogP contribution in [-0.4, -0.2) is 44.8 Å². The summed E-state index contributed by atoms with van der Waals surface area (Å²) in [5, 5.41) is 18.2. The molecule has 0 unspecified atom stereocenters. The van der Waals surface area contributed by atoms with Gasteiger partial charge in [-0.05, 0) is 0 Å². The first kappa shape index (κ1) is 12.9. The van der Waals surface area contributed by atoms with Gasteiger partial charge >= 0.3 is 5.69 Å². The van der Waals surface area contributed by atoms with Crippen molar-refractivity contribution in [3.8, 4) is 0 Å². The molecule has 18 heavy (non-hydrogen) atoms. The first-order valence-corrected chi connectivity index (χ1v) is 5.08. The zero-order valence-electron chi connectivity index (χ0n) is 9.03. The molecule has 1 aromatic heterocycles. The number of aromatic nitrogens is 2. The van der Waals surface area contributed by atoms with Gasteiger partial charge in [-0.2, -0.15) is 4.98 Å². The zero-order chi connectivity index (χ0) is 13.4. The fraction of sp³-hybridized carbons (Fsp3) is 0.556. The van der Waals surface area contributed by atoms with Crippen LogP contribution >= 0.6 is 0 Å². The Balaban J connectivity index is 2.39. The summed E-state index contributed by atoms with van der Waals surface area (Å²) in [6.07, 6.45) is -5.67. The van der Waals surface area contributed by atoms with Crippen molar-refractivity contribution in [3.05, 3.63) is 22.5 Å². The summed E-state index contributed by atoms with van der Waals surface area (Å²) < 4.78 is 32.4. The maximum absolute atomic E-state index is 13.7. The van der Waals surface area contributed by atoms with E-state index in [1.54, 1.807) is 0 Å². The standard InChI is InChI=1S/C9H11F2N3O4/c10-3-1-14(9(17)13-7(3)12)8-5(11)6(16)4(2-15)18-8/h1,4-6,8,15-16H,2H2,(H2,12,13,17)/t4-,5-,6-,8-/m1/s1. The van der Waals surface area contributed by atoms with Crippen LogP contribution in [0.15, 0.2) is 11.0 Å². The van der Waals surface area contributed by atoms with Crippen molar-refractivity contribution in [1.29, 1.82) is 0 Å². The molecule has 0 aliphatic carbocycles. The summed E-state index contributed by atoms with van der Waals surface area (Å²) in [6.45, 7) is -0.627. The Morgan fingerprint density at radius 3 is 2.83 bits per heavy atom. The molecule has 1 saturated heterocycles. The first-order valence-electron chi connectivity index (χ1n) is 5.08. The van der Waals surface area contributed by atoms with Gasteiger partial charge in [-0.15, -0.1) is 0 Å². The highest BCUT2D eigenvalue weighted by Crippen LogP contribution is 2.30. The van der Waals surface area contributed by atoms with Crippen LogP contribution in [0.3, 0.4) is 0 Å². The molecule has 1 aliphatic heterocycles. The van der Waals surface area contributed by atoms with E-state index in [0.29, 0.717) is 10.8 Å². The molecule has 4 N–H and O–H groups in total. The average molecular weight is 263 g/mol. The van der Waals surface area contributed by atoms with Crippen molar-refractivity contribution in [1.82, 2.24) is 9.55 Å². The van der Waals surface area contributed by atoms with E-state index in [-0.39, 0.29) is 0 Å². The Bertz CT molecular complexity index is 509. The van der Waals surface area contributed by atoms with E-state index in [1.807, 2.05) is 0 Å². The monoisotopic (exact) mass is 263 g/mol. The molecule has 1 aromatic rings. The predicted octanol–water partition coefficient (Wildman–Crippen LogP) is -1.45. The smallest absolute Gasteiger partial charge is 0.351 e. The minimum absolute atomic E-state index is 0.551. The zero-order valence-corrected chi connectivity index (χ0v) is 9.03. The third-order valence-corrected chi connectivity index (χ3v) is 2.68. The summed E-state index contributed by atoms with van der Waals surface area (Å²) in [7, 11) is 0. The lowest BCUT2D eigenvalue weighted by Gasteiger charge is -2.15. The predicted molar refractivity (Wildman–Crippen MR) is 54.8 cm³/mol. The Kier molecular flexibility index (Phi) is 3.28. The van der Waals surface area contributed by atoms with Crippen molar-refractivity contribution < 1.29 is 23.7 Å². The molecule has 1 aliphatic rings. The van der Waals surface area contributed by atoms with Crippen LogP contribution in [0.4, 0.5) is 14.6 Å². The number of nitrogens with zero attached hydrogens (tertiary/aromatic N) is 2. The van der Waals surface area contributed by atoms with Crippen LogP contribution in [-0.2, 0) is 4.74 Å². The van der Waals surface area contributed by atoms with Crippen molar-refractivity contribution in [3.63, 3.8) is 0 Å². The van der Waals surface area contributed by atoms with E-state index in [4.69, 9.17) is 15.6 Å². The van der Waals surface area contributed by atoms with Gasteiger partial charge in [0.15, 0.2) is 24.0 Å². The Hall–Kier alpha value is -1.58. The highest BCUT2D eigenvalue weighted by atomic mass is 19.1. The van der Waals surface area contributed by atoms with Gasteiger partial charge in [0.1, 0.15) is 12.2 Å². The van der Waals surface area contributed by atoms with Crippen molar-refractivity contribution in [2.75, 3.05) is 12.3 Å². The number of hydrogen-bond acceptors (Lipinski definition) is 6. The molecule has 0 radical (unpaired) electrons. The van der Waals surface area contributed by atoms with Crippen molar-refractivity contribution in [2.24, 2.45) is 0 Å². The van der Waals surface area contributed by atoms with Gasteiger partial charge in [0.2, 0.25) is 0 Å².